The van der Waals surface area contributed by atoms with E-state index in [1.807, 2.05) is 0 Å². The highest BCUT2D eigenvalue weighted by Crippen LogP contribution is 2.20. The van der Waals surface area contributed by atoms with Crippen molar-refractivity contribution in [2.75, 3.05) is 52.9 Å². The SMILES string of the molecule is CNCCCC[C@H](N)C(=O)N[C@H](C(=O)N[C@@H](C)C(=O)NCC(=O)N[C@H](CCCN)C(=O)N1CCC[C@H]1C(=O)N[C@@H](Cc1cnc[nH]1)C(=O)N[C@@H](CCCCN)C(=O)N/C(=C\CCN=C(N)N)C(N)=O)[C@@H](O)CN. The molecule has 0 unspecified atom stereocenters. The number of aliphatic hydroxyl groups is 1. The fraction of sp³-hybridized carbons (Fsp3) is 0.659. The zero-order valence-electron chi connectivity index (χ0n) is 41.8. The molecule has 2 heterocycles. The summed E-state index contributed by atoms with van der Waals surface area (Å²) in [5.41, 5.74) is 39.4. The summed E-state index contributed by atoms with van der Waals surface area (Å²) in [6.07, 6.45) is 6.28. The first-order valence-electron chi connectivity index (χ1n) is 24.4. The molecule has 1 fully saturated rings. The molecule has 24 N–H and O–H groups in total. The maximum Gasteiger partial charge on any atom is 0.264 e. The van der Waals surface area contributed by atoms with Gasteiger partial charge in [0.15, 0.2) is 5.96 Å². The number of H-pyrrole nitrogens is 1. The highest BCUT2D eigenvalue weighted by molar-refractivity contribution is 6.00. The van der Waals surface area contributed by atoms with E-state index < -0.39 is 115 Å². The number of primary amides is 1. The fourth-order valence-electron chi connectivity index (χ4n) is 7.51. The number of amides is 9. The van der Waals surface area contributed by atoms with Crippen molar-refractivity contribution < 1.29 is 48.3 Å². The molecular formula is C44H79N19O10. The number of nitrogens with zero attached hydrogens (tertiary/aromatic N) is 3. The van der Waals surface area contributed by atoms with Gasteiger partial charge in [-0.2, -0.15) is 0 Å². The van der Waals surface area contributed by atoms with Crippen LogP contribution in [0, 0.1) is 0 Å². The van der Waals surface area contributed by atoms with Crippen LogP contribution in [0.4, 0.5) is 0 Å². The summed E-state index contributed by atoms with van der Waals surface area (Å²) in [5, 5.41) is 31.0. The Labute approximate surface area is 424 Å². The monoisotopic (exact) mass is 1030 g/mol. The number of carbonyl (C=O) groups excluding carboxylic acids is 9. The molecule has 0 radical (unpaired) electrons. The van der Waals surface area contributed by atoms with Gasteiger partial charge < -0.3 is 97.7 Å². The Morgan fingerprint density at radius 3 is 2.16 bits per heavy atom. The van der Waals surface area contributed by atoms with Gasteiger partial charge in [0.25, 0.3) is 5.91 Å². The van der Waals surface area contributed by atoms with E-state index in [2.05, 4.69) is 57.5 Å². The number of unbranched alkanes of at least 4 members (excludes halogenated alkanes) is 2. The second kappa shape index (κ2) is 33.8. The van der Waals surface area contributed by atoms with Gasteiger partial charge in [-0.15, -0.1) is 0 Å². The Bertz CT molecular complexity index is 2020. The highest BCUT2D eigenvalue weighted by Gasteiger charge is 2.39. The minimum atomic E-state index is -1.55. The number of aromatic nitrogens is 2. The topological polar surface area (TPSA) is 497 Å². The third kappa shape index (κ3) is 22.7. The summed E-state index contributed by atoms with van der Waals surface area (Å²) in [7, 11) is 1.79. The number of nitrogens with two attached hydrogens (primary N) is 7. The van der Waals surface area contributed by atoms with E-state index in [0.717, 1.165) is 13.0 Å². The molecule has 1 saturated heterocycles. The predicted octanol–water partition coefficient (Wildman–Crippen LogP) is -7.44. The van der Waals surface area contributed by atoms with Gasteiger partial charge in [-0.3, -0.25) is 48.1 Å². The summed E-state index contributed by atoms with van der Waals surface area (Å²) < 4.78 is 0. The number of hydrogen-bond acceptors (Lipinski definition) is 17. The van der Waals surface area contributed by atoms with Crippen molar-refractivity contribution in [1.29, 1.82) is 0 Å². The molecule has 1 aromatic rings. The molecule has 0 aromatic carbocycles. The van der Waals surface area contributed by atoms with E-state index in [-0.39, 0.29) is 69.8 Å². The van der Waals surface area contributed by atoms with Crippen LogP contribution in [-0.2, 0) is 49.6 Å². The molecule has 1 aliphatic heterocycles. The number of carbonyl (C=O) groups is 9. The number of hydrogen-bond donors (Lipinski definition) is 17. The van der Waals surface area contributed by atoms with Crippen LogP contribution in [0.5, 0.6) is 0 Å². The fourth-order valence-corrected chi connectivity index (χ4v) is 7.51. The van der Waals surface area contributed by atoms with Crippen molar-refractivity contribution in [3.8, 4) is 0 Å². The largest absolute Gasteiger partial charge is 0.389 e. The quantitative estimate of drug-likeness (QED) is 0.0130. The minimum Gasteiger partial charge on any atom is -0.389 e. The third-order valence-corrected chi connectivity index (χ3v) is 11.6. The van der Waals surface area contributed by atoms with Crippen LogP contribution in [-0.4, -0.2) is 180 Å². The van der Waals surface area contributed by atoms with Crippen molar-refractivity contribution in [3.05, 3.63) is 30.0 Å². The van der Waals surface area contributed by atoms with Crippen molar-refractivity contribution in [2.45, 2.75) is 132 Å². The van der Waals surface area contributed by atoms with E-state index in [1.165, 1.54) is 30.4 Å². The molecular weight excluding hydrogens is 955 g/mol. The Hall–Kier alpha value is -6.79. The second-order valence-electron chi connectivity index (χ2n) is 17.4. The van der Waals surface area contributed by atoms with Gasteiger partial charge in [-0.25, -0.2) is 4.98 Å². The lowest BCUT2D eigenvalue weighted by atomic mass is 10.1. The molecule has 8 atom stereocenters. The van der Waals surface area contributed by atoms with E-state index in [1.54, 1.807) is 7.05 Å². The molecule has 410 valence electrons. The number of nitrogens with one attached hydrogen (secondary N) is 9. The van der Waals surface area contributed by atoms with E-state index in [4.69, 9.17) is 40.1 Å². The zero-order chi connectivity index (χ0) is 54.5. The van der Waals surface area contributed by atoms with Gasteiger partial charge in [0, 0.05) is 37.9 Å². The molecule has 73 heavy (non-hydrogen) atoms. The van der Waals surface area contributed by atoms with Gasteiger partial charge >= 0.3 is 0 Å². The lowest BCUT2D eigenvalue weighted by molar-refractivity contribution is -0.142. The first kappa shape index (κ1) is 62.3. The van der Waals surface area contributed by atoms with E-state index in [9.17, 15) is 48.3 Å². The lowest BCUT2D eigenvalue weighted by Crippen LogP contribution is -2.60. The summed E-state index contributed by atoms with van der Waals surface area (Å²) in [4.78, 5) is 132. The van der Waals surface area contributed by atoms with Crippen LogP contribution < -0.4 is 82.7 Å². The Kier molecular flexibility index (Phi) is 28.8. The number of aliphatic imine (C=N–C) groups is 1. The average Bonchev–Trinajstić information content (AvgIpc) is 4.08. The van der Waals surface area contributed by atoms with Crippen LogP contribution in [0.3, 0.4) is 0 Å². The third-order valence-electron chi connectivity index (χ3n) is 11.6. The molecule has 0 aliphatic carbocycles. The molecule has 1 aromatic heterocycles. The molecule has 9 amide bonds. The van der Waals surface area contributed by atoms with Crippen LogP contribution in [0.15, 0.2) is 29.3 Å². The van der Waals surface area contributed by atoms with Gasteiger partial charge in [0.1, 0.15) is 41.9 Å². The first-order valence-corrected chi connectivity index (χ1v) is 24.4. The normalized spacial score (nSPS) is 16.3. The van der Waals surface area contributed by atoms with Crippen LogP contribution in [0.2, 0.25) is 0 Å². The lowest BCUT2D eigenvalue weighted by Gasteiger charge is -2.30. The van der Waals surface area contributed by atoms with Gasteiger partial charge in [-0.05, 0) is 97.8 Å². The maximum atomic E-state index is 14.2. The number of rotatable bonds is 35. The molecule has 2 rings (SSSR count). The minimum absolute atomic E-state index is 0.0594. The number of imidazole rings is 1. The van der Waals surface area contributed by atoms with E-state index >= 15 is 0 Å². The van der Waals surface area contributed by atoms with Crippen molar-refractivity contribution in [2.24, 2.45) is 45.1 Å². The standard InChI is InChI=1S/C44H79N19O10/c1-25(57-42(72)35(33(64)21-47)62-38(68)27(48)10-4-6-17-52-2)37(67)55-23-34(65)58-30(12-7-16-46)43(73)63-19-9-14-32(63)41(71)61-31(20-26-22-53-24-56-26)40(70)60-29(11-3-5-15-45)39(69)59-28(36(49)66)13-8-18-54-44(50)51/h13,22,24-25,27,29-33,35,52,64H,3-12,14-21,23,45-48H2,1-2H3,(H2,49,66)(H,53,56)(H,55,67)(H,57,72)(H,58,65)(H,59,69)(H,60,70)(H,61,71)(H,62,68)(H4,50,51,54)/b28-13-/t25-,27-,29-,30+,31-,32-,33-,35-/m0/s1. The van der Waals surface area contributed by atoms with Crippen LogP contribution in [0.1, 0.15) is 83.2 Å². The predicted molar refractivity (Wildman–Crippen MR) is 268 cm³/mol. The average molecular weight is 1030 g/mol. The number of aliphatic hydroxyl groups excluding tert-OH is 1. The number of aromatic amines is 1. The Morgan fingerprint density at radius 1 is 0.836 bits per heavy atom. The first-order chi connectivity index (χ1) is 34.8. The van der Waals surface area contributed by atoms with E-state index in [0.29, 0.717) is 44.3 Å². The van der Waals surface area contributed by atoms with Crippen molar-refractivity contribution in [1.82, 2.24) is 57.4 Å². The molecule has 29 nitrogen and oxygen atoms in total. The Morgan fingerprint density at radius 2 is 1.53 bits per heavy atom. The van der Waals surface area contributed by atoms with Gasteiger partial charge in [-0.1, -0.05) is 12.5 Å². The summed E-state index contributed by atoms with van der Waals surface area (Å²) in [6.45, 7) is 1.64. The molecule has 0 bridgehead atoms. The van der Waals surface area contributed by atoms with Crippen LogP contribution >= 0.6 is 0 Å². The molecule has 0 saturated carbocycles. The summed E-state index contributed by atoms with van der Waals surface area (Å²) >= 11 is 0. The van der Waals surface area contributed by atoms with Crippen LogP contribution in [0.25, 0.3) is 0 Å². The number of likely N-dealkylation sites (tertiary alicyclic amines) is 1. The molecule has 1 aliphatic rings. The van der Waals surface area contributed by atoms with Gasteiger partial charge in [0.05, 0.1) is 25.0 Å². The Balaban J connectivity index is 2.19. The molecule has 0 spiro atoms. The maximum absolute atomic E-state index is 14.2. The second-order valence-corrected chi connectivity index (χ2v) is 17.4. The zero-order valence-corrected chi connectivity index (χ0v) is 41.8. The summed E-state index contributed by atoms with van der Waals surface area (Å²) in [6, 6.07) is -8.63. The highest BCUT2D eigenvalue weighted by atomic mass is 16.3. The summed E-state index contributed by atoms with van der Waals surface area (Å²) in [5.74, 6) is -7.25. The smallest absolute Gasteiger partial charge is 0.264 e. The molecule has 29 heteroatoms. The van der Waals surface area contributed by atoms with Crippen molar-refractivity contribution >= 4 is 59.1 Å². The number of guanidine groups is 1. The van der Waals surface area contributed by atoms with Crippen molar-refractivity contribution in [3.63, 3.8) is 0 Å². The van der Waals surface area contributed by atoms with Gasteiger partial charge in [0.2, 0.25) is 47.3 Å².